The van der Waals surface area contributed by atoms with Crippen LogP contribution in [0.3, 0.4) is 0 Å². The van der Waals surface area contributed by atoms with Gasteiger partial charge in [0.25, 0.3) is 0 Å². The number of methoxy groups -OCH3 is 3. The molecule has 0 aliphatic carbocycles. The highest BCUT2D eigenvalue weighted by atomic mass is 16.5. The second-order valence-electron chi connectivity index (χ2n) is 6.94. The summed E-state index contributed by atoms with van der Waals surface area (Å²) in [5.74, 6) is 2.70. The average molecular weight is 393 g/mol. The molecule has 0 saturated carbocycles. The van der Waals surface area contributed by atoms with E-state index in [9.17, 15) is 0 Å². The summed E-state index contributed by atoms with van der Waals surface area (Å²) in [6.45, 7) is 5.98. The molecule has 0 amide bonds. The summed E-state index contributed by atoms with van der Waals surface area (Å²) >= 11 is 0. The number of nitrogens with zero attached hydrogens (tertiary/aromatic N) is 2. The summed E-state index contributed by atoms with van der Waals surface area (Å²) in [4.78, 5) is 6.93. The number of rotatable bonds is 9. The van der Waals surface area contributed by atoms with Crippen LogP contribution in [0.25, 0.3) is 0 Å². The summed E-state index contributed by atoms with van der Waals surface area (Å²) in [5, 5.41) is 6.78. The molecule has 2 rings (SSSR count). The highest BCUT2D eigenvalue weighted by molar-refractivity contribution is 5.79. The molecule has 0 bridgehead atoms. The zero-order valence-electron chi connectivity index (χ0n) is 18.0. The third-order valence-electron chi connectivity index (χ3n) is 5.37. The summed E-state index contributed by atoms with van der Waals surface area (Å²) in [6, 6.07) is 4.58. The molecule has 7 nitrogen and oxygen atoms in total. The summed E-state index contributed by atoms with van der Waals surface area (Å²) < 4.78 is 16.3. The summed E-state index contributed by atoms with van der Waals surface area (Å²) in [6.07, 6.45) is 5.22. The number of nitrogens with one attached hydrogen (secondary N) is 2. The van der Waals surface area contributed by atoms with Gasteiger partial charge < -0.3 is 24.8 Å². The fourth-order valence-corrected chi connectivity index (χ4v) is 3.84. The van der Waals surface area contributed by atoms with Crippen LogP contribution in [0.2, 0.25) is 0 Å². The lowest BCUT2D eigenvalue weighted by Gasteiger charge is -2.35. The maximum absolute atomic E-state index is 5.55. The fraction of sp³-hybridized carbons (Fsp3) is 0.667. The van der Waals surface area contributed by atoms with Gasteiger partial charge in [-0.3, -0.25) is 9.89 Å². The van der Waals surface area contributed by atoms with Gasteiger partial charge in [-0.25, -0.2) is 0 Å². The number of piperidine rings is 1. The first-order chi connectivity index (χ1) is 13.7. The van der Waals surface area contributed by atoms with E-state index in [4.69, 9.17) is 14.2 Å². The van der Waals surface area contributed by atoms with Crippen molar-refractivity contribution in [3.05, 3.63) is 17.7 Å². The van der Waals surface area contributed by atoms with E-state index >= 15 is 0 Å². The second-order valence-corrected chi connectivity index (χ2v) is 6.94. The van der Waals surface area contributed by atoms with Crippen molar-refractivity contribution < 1.29 is 14.2 Å². The van der Waals surface area contributed by atoms with Crippen LogP contribution in [0, 0.1) is 0 Å². The molecule has 1 aromatic rings. The van der Waals surface area contributed by atoms with Crippen LogP contribution >= 0.6 is 0 Å². The number of guanidine groups is 1. The lowest BCUT2D eigenvalue weighted by Crippen LogP contribution is -2.45. The van der Waals surface area contributed by atoms with E-state index in [1.54, 1.807) is 28.4 Å². The Balaban J connectivity index is 1.90. The Bertz CT molecular complexity index is 636. The number of hydrogen-bond acceptors (Lipinski definition) is 5. The van der Waals surface area contributed by atoms with E-state index < -0.39 is 0 Å². The van der Waals surface area contributed by atoms with Crippen molar-refractivity contribution in [2.75, 3.05) is 48.0 Å². The predicted molar refractivity (Wildman–Crippen MR) is 114 cm³/mol. The van der Waals surface area contributed by atoms with Crippen molar-refractivity contribution in [2.24, 2.45) is 4.99 Å². The van der Waals surface area contributed by atoms with E-state index in [2.05, 4.69) is 27.4 Å². The van der Waals surface area contributed by atoms with E-state index in [1.807, 2.05) is 12.1 Å². The van der Waals surface area contributed by atoms with Crippen LogP contribution in [0.4, 0.5) is 0 Å². The molecular formula is C21H36N4O3. The minimum Gasteiger partial charge on any atom is -0.493 e. The first kappa shape index (κ1) is 22.1. The van der Waals surface area contributed by atoms with Crippen molar-refractivity contribution in [3.8, 4) is 17.2 Å². The summed E-state index contributed by atoms with van der Waals surface area (Å²) in [7, 11) is 6.65. The van der Waals surface area contributed by atoms with Crippen LogP contribution in [0.1, 0.15) is 38.2 Å². The molecule has 1 saturated heterocycles. The second kappa shape index (κ2) is 11.6. The smallest absolute Gasteiger partial charge is 0.203 e. The van der Waals surface area contributed by atoms with E-state index in [-0.39, 0.29) is 0 Å². The predicted octanol–water partition coefficient (Wildman–Crippen LogP) is 2.64. The molecule has 1 fully saturated rings. The average Bonchev–Trinajstić information content (AvgIpc) is 2.75. The van der Waals surface area contributed by atoms with E-state index in [1.165, 1.54) is 32.2 Å². The Morgan fingerprint density at radius 1 is 1.11 bits per heavy atom. The molecule has 158 valence electrons. The van der Waals surface area contributed by atoms with Crippen molar-refractivity contribution >= 4 is 5.96 Å². The molecule has 1 aromatic carbocycles. The highest BCUT2D eigenvalue weighted by Gasteiger charge is 2.20. The third-order valence-corrected chi connectivity index (χ3v) is 5.37. The Morgan fingerprint density at radius 3 is 2.54 bits per heavy atom. The van der Waals surface area contributed by atoms with Crippen molar-refractivity contribution in [1.82, 2.24) is 15.5 Å². The van der Waals surface area contributed by atoms with Gasteiger partial charge in [0, 0.05) is 38.3 Å². The molecule has 1 aliphatic heterocycles. The molecule has 0 aromatic heterocycles. The van der Waals surface area contributed by atoms with E-state index in [0.29, 0.717) is 23.8 Å². The van der Waals surface area contributed by atoms with Crippen LogP contribution in [-0.2, 0) is 6.54 Å². The normalized spacial score (nSPS) is 17.9. The van der Waals surface area contributed by atoms with Crippen molar-refractivity contribution in [1.29, 1.82) is 0 Å². The van der Waals surface area contributed by atoms with Crippen molar-refractivity contribution in [3.63, 3.8) is 0 Å². The van der Waals surface area contributed by atoms with Gasteiger partial charge in [-0.05, 0) is 37.9 Å². The largest absolute Gasteiger partial charge is 0.493 e. The molecule has 28 heavy (non-hydrogen) atoms. The molecule has 1 aliphatic rings. The lowest BCUT2D eigenvalue weighted by atomic mass is 10.0. The van der Waals surface area contributed by atoms with Crippen LogP contribution in [0.15, 0.2) is 17.1 Å². The van der Waals surface area contributed by atoms with Crippen LogP contribution < -0.4 is 24.8 Å². The molecular weight excluding hydrogens is 356 g/mol. The minimum absolute atomic E-state index is 0.574. The number of benzene rings is 1. The SMILES string of the molecule is CCC1CCCCN1CCNC(=NC)NCc1ccc(OC)c(OC)c1OC. The number of hydrogen-bond donors (Lipinski definition) is 2. The van der Waals surface area contributed by atoms with Gasteiger partial charge in [-0.1, -0.05) is 13.3 Å². The lowest BCUT2D eigenvalue weighted by molar-refractivity contribution is 0.147. The summed E-state index contributed by atoms with van der Waals surface area (Å²) in [5.41, 5.74) is 0.977. The van der Waals surface area contributed by atoms with Gasteiger partial charge in [0.15, 0.2) is 17.5 Å². The Labute approximate surface area is 169 Å². The first-order valence-corrected chi connectivity index (χ1v) is 10.1. The topological polar surface area (TPSA) is 67.4 Å². The number of aliphatic imine (C=N–C) groups is 1. The Hall–Kier alpha value is -2.15. The maximum atomic E-state index is 5.55. The molecule has 7 heteroatoms. The van der Waals surface area contributed by atoms with Crippen molar-refractivity contribution in [2.45, 2.75) is 45.2 Å². The Kier molecular flexibility index (Phi) is 9.20. The number of likely N-dealkylation sites (tertiary alicyclic amines) is 1. The zero-order chi connectivity index (χ0) is 20.4. The van der Waals surface area contributed by atoms with E-state index in [0.717, 1.165) is 30.7 Å². The van der Waals surface area contributed by atoms with Gasteiger partial charge in [0.2, 0.25) is 5.75 Å². The molecule has 0 spiro atoms. The van der Waals surface area contributed by atoms with Gasteiger partial charge in [0.05, 0.1) is 21.3 Å². The maximum Gasteiger partial charge on any atom is 0.203 e. The van der Waals surface area contributed by atoms with Gasteiger partial charge in [0.1, 0.15) is 0 Å². The number of ether oxygens (including phenoxy) is 3. The zero-order valence-corrected chi connectivity index (χ0v) is 18.0. The minimum atomic E-state index is 0.574. The monoisotopic (exact) mass is 392 g/mol. The van der Waals surface area contributed by atoms with Gasteiger partial charge >= 0.3 is 0 Å². The van der Waals surface area contributed by atoms with Gasteiger partial charge in [-0.15, -0.1) is 0 Å². The fourth-order valence-electron chi connectivity index (χ4n) is 3.84. The quantitative estimate of drug-likeness (QED) is 0.497. The third kappa shape index (κ3) is 5.67. The van der Waals surface area contributed by atoms with Gasteiger partial charge in [-0.2, -0.15) is 0 Å². The standard InChI is InChI=1S/C21H36N4O3/c1-6-17-9-7-8-13-25(17)14-12-23-21(22-2)24-15-16-10-11-18(26-3)20(28-5)19(16)27-4/h10-11,17H,6-9,12-15H2,1-5H3,(H2,22,23,24). The first-order valence-electron chi connectivity index (χ1n) is 10.1. The Morgan fingerprint density at radius 2 is 1.89 bits per heavy atom. The van der Waals surface area contributed by atoms with Crippen LogP contribution in [-0.4, -0.2) is 64.9 Å². The molecule has 1 unspecified atom stereocenters. The van der Waals surface area contributed by atoms with Crippen LogP contribution in [0.5, 0.6) is 17.2 Å². The molecule has 0 radical (unpaired) electrons. The molecule has 2 N–H and O–H groups in total. The molecule has 1 atom stereocenters. The molecule has 1 heterocycles. The highest BCUT2D eigenvalue weighted by Crippen LogP contribution is 2.39.